The minimum atomic E-state index is -4.07. The molecule has 0 unspecified atom stereocenters. The molecule has 3 N–H and O–H groups in total. The second kappa shape index (κ2) is 12.3. The van der Waals surface area contributed by atoms with Crippen LogP contribution in [0.2, 0.25) is 0 Å². The highest BCUT2D eigenvalue weighted by molar-refractivity contribution is 7.93. The Labute approximate surface area is 211 Å². The van der Waals surface area contributed by atoms with Crippen LogP contribution in [0.5, 0.6) is 5.75 Å². The van der Waals surface area contributed by atoms with Gasteiger partial charge in [0.2, 0.25) is 0 Å². The van der Waals surface area contributed by atoms with Crippen molar-refractivity contribution in [3.63, 3.8) is 0 Å². The summed E-state index contributed by atoms with van der Waals surface area (Å²) in [6.45, 7) is 1.39. The number of hydrogen-bond acceptors (Lipinski definition) is 9. The number of sulfone groups is 1. The normalized spacial score (nSPS) is 15.2. The molecule has 2 aromatic rings. The van der Waals surface area contributed by atoms with Crippen molar-refractivity contribution >= 4 is 27.2 Å². The number of hydrogen-bond donors (Lipinski definition) is 3. The van der Waals surface area contributed by atoms with Crippen LogP contribution in [-0.2, 0) is 19.4 Å². The highest BCUT2D eigenvalue weighted by Crippen LogP contribution is 2.35. The van der Waals surface area contributed by atoms with Crippen LogP contribution in [0.3, 0.4) is 0 Å². The van der Waals surface area contributed by atoms with Gasteiger partial charge in [-0.2, -0.15) is 0 Å². The number of benzene rings is 2. The molecule has 10 nitrogen and oxygen atoms in total. The van der Waals surface area contributed by atoms with E-state index in [4.69, 9.17) is 14.7 Å². The Morgan fingerprint density at radius 2 is 1.69 bits per heavy atom. The summed E-state index contributed by atoms with van der Waals surface area (Å²) in [4.78, 5) is 26.5. The summed E-state index contributed by atoms with van der Waals surface area (Å²) in [5, 5.41) is 12.2. The van der Waals surface area contributed by atoms with Crippen molar-refractivity contribution in [1.29, 1.82) is 0 Å². The van der Waals surface area contributed by atoms with Gasteiger partial charge < -0.3 is 19.7 Å². The summed E-state index contributed by atoms with van der Waals surface area (Å²) >= 11 is 0. The van der Waals surface area contributed by atoms with Crippen LogP contribution < -0.4 is 20.4 Å². The number of nitrogens with zero attached hydrogens (tertiary/aromatic N) is 1. The van der Waals surface area contributed by atoms with Gasteiger partial charge in [-0.1, -0.05) is 0 Å². The molecule has 2 aromatic carbocycles. The topological polar surface area (TPSA) is 134 Å². The van der Waals surface area contributed by atoms with Crippen LogP contribution in [0.25, 0.3) is 0 Å². The number of amides is 1. The number of ketones is 1. The van der Waals surface area contributed by atoms with E-state index in [-0.39, 0.29) is 43.3 Å². The standard InChI is InChI=1S/C25H33N3O7S/c1-28(2)20-6-4-19(5-7-20)23(29)18-26-14-3-15-35-21-8-10-22(11-9-21)36(32,33)25(24(30)27-31)12-16-34-17-13-25/h4-11,26,31H,3,12-18H2,1-2H3,(H,27,30). The Morgan fingerprint density at radius 3 is 2.28 bits per heavy atom. The average Bonchev–Trinajstić information content (AvgIpc) is 2.90. The SMILES string of the molecule is CN(C)c1ccc(C(=O)CNCCCOc2ccc(S(=O)(=O)C3(C(=O)NO)CCOCC3)cc2)cc1. The number of hydroxylamine groups is 1. The van der Waals surface area contributed by atoms with Crippen LogP contribution in [0, 0.1) is 0 Å². The maximum absolute atomic E-state index is 13.3. The predicted molar refractivity (Wildman–Crippen MR) is 134 cm³/mol. The Balaban J connectivity index is 1.46. The third-order valence-corrected chi connectivity index (χ3v) is 8.74. The van der Waals surface area contributed by atoms with E-state index in [1.165, 1.54) is 29.7 Å². The number of rotatable bonds is 12. The van der Waals surface area contributed by atoms with Crippen molar-refractivity contribution in [2.24, 2.45) is 0 Å². The van der Waals surface area contributed by atoms with E-state index in [0.29, 0.717) is 30.9 Å². The minimum absolute atomic E-state index is 0.00945. The molecule has 1 aliphatic rings. The summed E-state index contributed by atoms with van der Waals surface area (Å²) in [5.41, 5.74) is 3.18. The predicted octanol–water partition coefficient (Wildman–Crippen LogP) is 1.82. The van der Waals surface area contributed by atoms with E-state index < -0.39 is 20.5 Å². The second-order valence-electron chi connectivity index (χ2n) is 8.77. The molecule has 1 amide bonds. The van der Waals surface area contributed by atoms with Crippen molar-refractivity contribution in [3.05, 3.63) is 54.1 Å². The van der Waals surface area contributed by atoms with Gasteiger partial charge in [0, 0.05) is 38.6 Å². The number of anilines is 1. The van der Waals surface area contributed by atoms with Gasteiger partial charge in [-0.05, 0) is 74.3 Å². The molecule has 1 aliphatic heterocycles. The number of ether oxygens (including phenoxy) is 2. The van der Waals surface area contributed by atoms with Gasteiger partial charge in [-0.15, -0.1) is 0 Å². The molecule has 0 atom stereocenters. The first-order valence-electron chi connectivity index (χ1n) is 11.7. The molecule has 1 fully saturated rings. The number of Topliss-reactive ketones (excluding diaryl/α,β-unsaturated/α-hetero) is 1. The quantitative estimate of drug-likeness (QED) is 0.166. The largest absolute Gasteiger partial charge is 0.494 e. The van der Waals surface area contributed by atoms with Crippen LogP contribution >= 0.6 is 0 Å². The van der Waals surface area contributed by atoms with Crippen molar-refractivity contribution in [3.8, 4) is 5.75 Å². The fourth-order valence-electron chi connectivity index (χ4n) is 4.00. The average molecular weight is 520 g/mol. The molecule has 0 bridgehead atoms. The molecule has 1 saturated heterocycles. The molecule has 3 rings (SSSR count). The fourth-order valence-corrected chi connectivity index (χ4v) is 5.94. The lowest BCUT2D eigenvalue weighted by Gasteiger charge is -2.34. The third kappa shape index (κ3) is 6.22. The molecule has 0 radical (unpaired) electrons. The molecule has 1 heterocycles. The Kier molecular flexibility index (Phi) is 9.43. The maximum atomic E-state index is 13.3. The minimum Gasteiger partial charge on any atom is -0.494 e. The molecule has 11 heteroatoms. The fraction of sp³-hybridized carbons (Fsp3) is 0.440. The summed E-state index contributed by atoms with van der Waals surface area (Å²) in [6, 6.07) is 13.3. The maximum Gasteiger partial charge on any atom is 0.265 e. The van der Waals surface area contributed by atoms with Crippen molar-refractivity contribution in [2.75, 3.05) is 51.9 Å². The van der Waals surface area contributed by atoms with E-state index >= 15 is 0 Å². The van der Waals surface area contributed by atoms with Gasteiger partial charge in [-0.25, -0.2) is 13.9 Å². The lowest BCUT2D eigenvalue weighted by molar-refractivity contribution is -0.134. The monoisotopic (exact) mass is 519 g/mol. The molecular weight excluding hydrogens is 486 g/mol. The highest BCUT2D eigenvalue weighted by Gasteiger charge is 2.52. The van der Waals surface area contributed by atoms with Crippen LogP contribution in [-0.4, -0.2) is 77.1 Å². The summed E-state index contributed by atoms with van der Waals surface area (Å²) in [5.74, 6) is -0.462. The first-order chi connectivity index (χ1) is 17.2. The molecule has 0 aromatic heterocycles. The first-order valence-corrected chi connectivity index (χ1v) is 13.2. The van der Waals surface area contributed by atoms with Gasteiger partial charge in [0.15, 0.2) is 20.4 Å². The lowest BCUT2D eigenvalue weighted by atomic mass is 9.98. The Hall–Kier alpha value is -2.99. The summed E-state index contributed by atoms with van der Waals surface area (Å²) in [6.07, 6.45) is 0.556. The smallest absolute Gasteiger partial charge is 0.265 e. The summed E-state index contributed by atoms with van der Waals surface area (Å²) < 4.78 is 35.6. The Bertz CT molecular complexity index is 1130. The van der Waals surface area contributed by atoms with Crippen LogP contribution in [0.15, 0.2) is 53.4 Å². The van der Waals surface area contributed by atoms with Crippen LogP contribution in [0.4, 0.5) is 5.69 Å². The molecule has 36 heavy (non-hydrogen) atoms. The zero-order valence-corrected chi connectivity index (χ0v) is 21.3. The number of carbonyl (C=O) groups excluding carboxylic acids is 2. The third-order valence-electron chi connectivity index (χ3n) is 6.22. The van der Waals surface area contributed by atoms with Gasteiger partial charge in [0.05, 0.1) is 18.0 Å². The molecule has 0 saturated carbocycles. The Morgan fingerprint density at radius 1 is 1.06 bits per heavy atom. The summed E-state index contributed by atoms with van der Waals surface area (Å²) in [7, 11) is -0.189. The van der Waals surface area contributed by atoms with Gasteiger partial charge in [0.1, 0.15) is 5.75 Å². The van der Waals surface area contributed by atoms with Gasteiger partial charge in [-0.3, -0.25) is 14.8 Å². The van der Waals surface area contributed by atoms with E-state index in [0.717, 1.165) is 5.69 Å². The van der Waals surface area contributed by atoms with Crippen molar-refractivity contribution in [1.82, 2.24) is 10.8 Å². The molecular formula is C25H33N3O7S. The van der Waals surface area contributed by atoms with E-state index in [2.05, 4.69) is 5.32 Å². The second-order valence-corrected chi connectivity index (χ2v) is 11.0. The zero-order valence-electron chi connectivity index (χ0n) is 20.5. The molecule has 0 spiro atoms. The van der Waals surface area contributed by atoms with Gasteiger partial charge in [0.25, 0.3) is 5.91 Å². The van der Waals surface area contributed by atoms with Crippen molar-refractivity contribution < 1.29 is 32.7 Å². The molecule has 0 aliphatic carbocycles. The van der Waals surface area contributed by atoms with Gasteiger partial charge >= 0.3 is 0 Å². The van der Waals surface area contributed by atoms with Crippen LogP contribution in [0.1, 0.15) is 29.6 Å². The van der Waals surface area contributed by atoms with E-state index in [1.807, 2.05) is 43.3 Å². The van der Waals surface area contributed by atoms with E-state index in [9.17, 15) is 18.0 Å². The number of carbonyl (C=O) groups is 2. The zero-order chi connectivity index (χ0) is 26.2. The first kappa shape index (κ1) is 27.6. The molecule has 196 valence electrons. The van der Waals surface area contributed by atoms with Crippen molar-refractivity contribution in [2.45, 2.75) is 28.9 Å². The highest BCUT2D eigenvalue weighted by atomic mass is 32.2. The van der Waals surface area contributed by atoms with E-state index in [1.54, 1.807) is 0 Å². The lowest BCUT2D eigenvalue weighted by Crippen LogP contribution is -2.54. The number of nitrogens with one attached hydrogen (secondary N) is 2.